The minimum atomic E-state index is -0.823. The Bertz CT molecular complexity index is 304. The topological polar surface area (TPSA) is 44.5 Å². The third-order valence-corrected chi connectivity index (χ3v) is 2.59. The number of hydrogen-bond donors (Lipinski definition) is 1. The van der Waals surface area contributed by atoms with Crippen molar-refractivity contribution >= 4 is 0 Å². The number of rotatable bonds is 4. The van der Waals surface area contributed by atoms with Crippen molar-refractivity contribution in [1.29, 1.82) is 0 Å². The molecule has 0 aliphatic heterocycles. The van der Waals surface area contributed by atoms with Gasteiger partial charge in [-0.05, 0) is 13.8 Å². The molecule has 0 saturated heterocycles. The number of methoxy groups -OCH3 is 2. The molecule has 0 spiro atoms. The zero-order chi connectivity index (χ0) is 11.5. The molecule has 1 aromatic carbocycles. The van der Waals surface area contributed by atoms with E-state index < -0.39 is 5.79 Å². The van der Waals surface area contributed by atoms with Crippen molar-refractivity contribution in [3.8, 4) is 0 Å². The highest BCUT2D eigenvalue weighted by Crippen LogP contribution is 2.26. The molecule has 0 heterocycles. The van der Waals surface area contributed by atoms with Crippen LogP contribution in [-0.2, 0) is 15.3 Å². The minimum absolute atomic E-state index is 0.295. The number of aryl methyl sites for hydroxylation is 2. The van der Waals surface area contributed by atoms with Crippen LogP contribution in [0.15, 0.2) is 18.2 Å². The normalized spacial score (nSPS) is 11.8. The Balaban J connectivity index is 3.22. The Hall–Kier alpha value is -0.900. The van der Waals surface area contributed by atoms with Gasteiger partial charge in [-0.3, -0.25) is 0 Å². The molecular formula is C12H19NO2. The molecule has 1 aromatic rings. The van der Waals surface area contributed by atoms with Gasteiger partial charge in [0.15, 0.2) is 0 Å². The first-order valence-corrected chi connectivity index (χ1v) is 4.97. The highest BCUT2D eigenvalue weighted by atomic mass is 16.7. The molecule has 0 unspecified atom stereocenters. The van der Waals surface area contributed by atoms with Crippen LogP contribution in [0.2, 0.25) is 0 Å². The van der Waals surface area contributed by atoms with Crippen LogP contribution < -0.4 is 5.73 Å². The molecule has 0 amide bonds. The Labute approximate surface area is 91.2 Å². The van der Waals surface area contributed by atoms with Crippen LogP contribution in [0.3, 0.4) is 0 Å². The van der Waals surface area contributed by atoms with E-state index in [-0.39, 0.29) is 0 Å². The van der Waals surface area contributed by atoms with Gasteiger partial charge in [0.05, 0.1) is 6.54 Å². The highest BCUT2D eigenvalue weighted by molar-refractivity contribution is 5.31. The molecule has 0 aliphatic rings. The fourth-order valence-electron chi connectivity index (χ4n) is 1.80. The first kappa shape index (κ1) is 12.2. The molecule has 0 saturated carbocycles. The van der Waals surface area contributed by atoms with Crippen LogP contribution in [-0.4, -0.2) is 20.8 Å². The third-order valence-electron chi connectivity index (χ3n) is 2.59. The van der Waals surface area contributed by atoms with Crippen LogP contribution in [0, 0.1) is 13.8 Å². The van der Waals surface area contributed by atoms with Crippen molar-refractivity contribution in [2.45, 2.75) is 19.6 Å². The Kier molecular flexibility index (Phi) is 3.85. The molecule has 15 heavy (non-hydrogen) atoms. The van der Waals surface area contributed by atoms with E-state index in [1.165, 1.54) is 11.1 Å². The first-order chi connectivity index (χ1) is 7.07. The Morgan fingerprint density at radius 3 is 1.87 bits per heavy atom. The highest BCUT2D eigenvalue weighted by Gasteiger charge is 2.30. The van der Waals surface area contributed by atoms with Crippen molar-refractivity contribution in [3.05, 3.63) is 34.9 Å². The lowest BCUT2D eigenvalue weighted by Crippen LogP contribution is -2.39. The summed E-state index contributed by atoms with van der Waals surface area (Å²) in [5, 5.41) is 0. The SMILES string of the molecule is COC(CN)(OC)c1cc(C)cc(C)c1. The summed E-state index contributed by atoms with van der Waals surface area (Å²) in [4.78, 5) is 0. The van der Waals surface area contributed by atoms with E-state index in [1.54, 1.807) is 14.2 Å². The summed E-state index contributed by atoms with van der Waals surface area (Å²) in [5.74, 6) is -0.823. The van der Waals surface area contributed by atoms with Gasteiger partial charge in [0, 0.05) is 19.8 Å². The number of hydrogen-bond acceptors (Lipinski definition) is 3. The lowest BCUT2D eigenvalue weighted by Gasteiger charge is -2.30. The fraction of sp³-hybridized carbons (Fsp3) is 0.500. The van der Waals surface area contributed by atoms with Crippen molar-refractivity contribution in [3.63, 3.8) is 0 Å². The van der Waals surface area contributed by atoms with Gasteiger partial charge < -0.3 is 15.2 Å². The van der Waals surface area contributed by atoms with Gasteiger partial charge in [0.25, 0.3) is 0 Å². The summed E-state index contributed by atoms with van der Waals surface area (Å²) < 4.78 is 10.8. The van der Waals surface area contributed by atoms with Gasteiger partial charge in [0.1, 0.15) is 0 Å². The lowest BCUT2D eigenvalue weighted by atomic mass is 10.0. The zero-order valence-electron chi connectivity index (χ0n) is 9.83. The van der Waals surface area contributed by atoms with Crippen LogP contribution in [0.4, 0.5) is 0 Å². The molecular weight excluding hydrogens is 190 g/mol. The van der Waals surface area contributed by atoms with Gasteiger partial charge in [-0.15, -0.1) is 0 Å². The third kappa shape index (κ3) is 2.37. The lowest BCUT2D eigenvalue weighted by molar-refractivity contribution is -0.208. The molecule has 0 fully saturated rings. The fourth-order valence-corrected chi connectivity index (χ4v) is 1.80. The summed E-state index contributed by atoms with van der Waals surface area (Å²) in [7, 11) is 3.21. The van der Waals surface area contributed by atoms with E-state index in [1.807, 2.05) is 26.0 Å². The number of ether oxygens (including phenoxy) is 2. The monoisotopic (exact) mass is 209 g/mol. The molecule has 0 aliphatic carbocycles. The standard InChI is InChI=1S/C12H19NO2/c1-9-5-10(2)7-11(6-9)12(8-13,14-3)15-4/h5-7H,8,13H2,1-4H3. The van der Waals surface area contributed by atoms with E-state index in [4.69, 9.17) is 15.2 Å². The second-order valence-electron chi connectivity index (χ2n) is 3.74. The van der Waals surface area contributed by atoms with Gasteiger partial charge >= 0.3 is 0 Å². The maximum atomic E-state index is 5.71. The van der Waals surface area contributed by atoms with E-state index in [0.29, 0.717) is 6.54 Å². The zero-order valence-corrected chi connectivity index (χ0v) is 9.83. The van der Waals surface area contributed by atoms with Crippen molar-refractivity contribution in [1.82, 2.24) is 0 Å². The predicted octanol–water partition coefficient (Wildman–Crippen LogP) is 1.71. The van der Waals surface area contributed by atoms with Crippen molar-refractivity contribution in [2.24, 2.45) is 5.73 Å². The smallest absolute Gasteiger partial charge is 0.207 e. The average molecular weight is 209 g/mol. The van der Waals surface area contributed by atoms with E-state index in [0.717, 1.165) is 5.56 Å². The maximum absolute atomic E-state index is 5.71. The molecule has 1 rings (SSSR count). The van der Waals surface area contributed by atoms with Crippen molar-refractivity contribution < 1.29 is 9.47 Å². The summed E-state index contributed by atoms with van der Waals surface area (Å²) in [5.41, 5.74) is 9.03. The van der Waals surface area contributed by atoms with Gasteiger partial charge in [-0.2, -0.15) is 0 Å². The quantitative estimate of drug-likeness (QED) is 0.768. The predicted molar refractivity (Wildman–Crippen MR) is 60.7 cm³/mol. The Morgan fingerprint density at radius 2 is 1.53 bits per heavy atom. The van der Waals surface area contributed by atoms with Crippen LogP contribution in [0.1, 0.15) is 16.7 Å². The Morgan fingerprint density at radius 1 is 1.07 bits per heavy atom. The van der Waals surface area contributed by atoms with Gasteiger partial charge in [-0.25, -0.2) is 0 Å². The first-order valence-electron chi connectivity index (χ1n) is 4.97. The van der Waals surface area contributed by atoms with Crippen LogP contribution >= 0.6 is 0 Å². The van der Waals surface area contributed by atoms with Gasteiger partial charge in [-0.1, -0.05) is 29.3 Å². The molecule has 0 atom stereocenters. The van der Waals surface area contributed by atoms with Gasteiger partial charge in [0.2, 0.25) is 5.79 Å². The van der Waals surface area contributed by atoms with Crippen LogP contribution in [0.5, 0.6) is 0 Å². The summed E-state index contributed by atoms with van der Waals surface area (Å²) in [6.07, 6.45) is 0. The molecule has 3 nitrogen and oxygen atoms in total. The van der Waals surface area contributed by atoms with Crippen LogP contribution in [0.25, 0.3) is 0 Å². The largest absolute Gasteiger partial charge is 0.348 e. The number of nitrogens with two attached hydrogens (primary N) is 1. The second-order valence-corrected chi connectivity index (χ2v) is 3.74. The average Bonchev–Trinajstić information content (AvgIpc) is 2.20. The number of benzene rings is 1. The second kappa shape index (κ2) is 4.75. The summed E-state index contributed by atoms with van der Waals surface area (Å²) in [6, 6.07) is 6.18. The van der Waals surface area contributed by atoms with Crippen molar-refractivity contribution in [2.75, 3.05) is 20.8 Å². The molecule has 0 bridgehead atoms. The van der Waals surface area contributed by atoms with E-state index in [9.17, 15) is 0 Å². The van der Waals surface area contributed by atoms with E-state index >= 15 is 0 Å². The molecule has 3 heteroatoms. The summed E-state index contributed by atoms with van der Waals surface area (Å²) in [6.45, 7) is 4.38. The molecule has 0 radical (unpaired) electrons. The summed E-state index contributed by atoms with van der Waals surface area (Å²) >= 11 is 0. The molecule has 84 valence electrons. The molecule has 2 N–H and O–H groups in total. The van der Waals surface area contributed by atoms with E-state index in [2.05, 4.69) is 6.07 Å². The maximum Gasteiger partial charge on any atom is 0.207 e. The minimum Gasteiger partial charge on any atom is -0.348 e. The molecule has 0 aromatic heterocycles.